The van der Waals surface area contributed by atoms with Gasteiger partial charge in [-0.3, -0.25) is 9.47 Å². The van der Waals surface area contributed by atoms with E-state index in [0.717, 1.165) is 41.8 Å². The van der Waals surface area contributed by atoms with Gasteiger partial charge in [0, 0.05) is 25.7 Å². The summed E-state index contributed by atoms with van der Waals surface area (Å²) >= 11 is 5.95. The van der Waals surface area contributed by atoms with Crippen molar-refractivity contribution in [3.05, 3.63) is 64.9 Å². The van der Waals surface area contributed by atoms with Crippen LogP contribution in [0.25, 0.3) is 5.69 Å². The Balaban J connectivity index is 1.45. The van der Waals surface area contributed by atoms with Gasteiger partial charge in [0.25, 0.3) is 0 Å². The fourth-order valence-electron chi connectivity index (χ4n) is 4.13. The van der Waals surface area contributed by atoms with Crippen molar-refractivity contribution < 1.29 is 9.47 Å². The highest BCUT2D eigenvalue weighted by molar-refractivity contribution is 7.71. The van der Waals surface area contributed by atoms with Crippen LogP contribution in [0.5, 0.6) is 5.75 Å². The predicted octanol–water partition coefficient (Wildman–Crippen LogP) is 3.87. The molecule has 2 aliphatic rings. The molecule has 0 atom stereocenters. The highest BCUT2D eigenvalue weighted by atomic mass is 32.1. The maximum absolute atomic E-state index is 5.95. The number of morpholine rings is 1. The molecule has 0 unspecified atom stereocenters. The van der Waals surface area contributed by atoms with Crippen molar-refractivity contribution in [1.29, 1.82) is 0 Å². The minimum Gasteiger partial charge on any atom is -0.497 e. The summed E-state index contributed by atoms with van der Waals surface area (Å²) in [7, 11) is 1.70. The normalized spacial score (nSPS) is 16.5. The van der Waals surface area contributed by atoms with Crippen LogP contribution in [-0.4, -0.2) is 58.7 Å². The van der Waals surface area contributed by atoms with Crippen molar-refractivity contribution >= 4 is 18.2 Å². The smallest absolute Gasteiger partial charge is 0.230 e. The second-order valence-corrected chi connectivity index (χ2v) is 8.69. The van der Waals surface area contributed by atoms with Crippen LogP contribution in [0.4, 0.5) is 5.95 Å². The molecule has 2 heterocycles. The summed E-state index contributed by atoms with van der Waals surface area (Å²) in [5, 5.41) is 5.01. The summed E-state index contributed by atoms with van der Waals surface area (Å²) in [4.78, 5) is 4.75. The van der Waals surface area contributed by atoms with E-state index in [9.17, 15) is 0 Å². The van der Waals surface area contributed by atoms with Gasteiger partial charge >= 0.3 is 0 Å². The molecule has 168 valence electrons. The number of methoxy groups -OCH3 is 1. The molecule has 2 aromatic carbocycles. The van der Waals surface area contributed by atoms with Crippen molar-refractivity contribution in [2.75, 3.05) is 38.3 Å². The highest BCUT2D eigenvalue weighted by Crippen LogP contribution is 2.30. The summed E-state index contributed by atoms with van der Waals surface area (Å²) in [5.74, 6) is 1.77. The zero-order chi connectivity index (χ0) is 21.9. The monoisotopic (exact) mass is 451 g/mol. The van der Waals surface area contributed by atoms with E-state index < -0.39 is 0 Å². The molecule has 0 bridgehead atoms. The van der Waals surface area contributed by atoms with Gasteiger partial charge in [-0.1, -0.05) is 30.3 Å². The summed E-state index contributed by atoms with van der Waals surface area (Å²) in [6, 6.07) is 19.2. The predicted molar refractivity (Wildman–Crippen MR) is 127 cm³/mol. The quantitative estimate of drug-likeness (QED) is 0.485. The number of anilines is 1. The molecule has 1 aliphatic heterocycles. The Hall–Kier alpha value is -2.68. The molecule has 0 spiro atoms. The summed E-state index contributed by atoms with van der Waals surface area (Å²) < 4.78 is 15.7. The number of rotatable bonds is 8. The second-order valence-electron chi connectivity index (χ2n) is 8.32. The minimum absolute atomic E-state index is 0.577. The molecule has 3 aromatic rings. The Morgan fingerprint density at radius 2 is 1.78 bits per heavy atom. The lowest BCUT2D eigenvalue weighted by Crippen LogP contribution is -2.38. The fraction of sp³-hybridized carbons (Fsp3) is 0.417. The van der Waals surface area contributed by atoms with Crippen molar-refractivity contribution in [2.45, 2.75) is 32.1 Å². The zero-order valence-electron chi connectivity index (χ0n) is 18.4. The standard InChI is InChI=1S/C24H29N5O2S/c1-30-22-11-7-19(8-12-22)17-27(20-9-10-20)18-28-24(32)29(21-5-3-2-4-6-21)23(25-28)26-13-15-31-16-14-26/h2-8,11-12,20H,9-10,13-18H2,1H3. The first-order valence-electron chi connectivity index (χ1n) is 11.2. The SMILES string of the molecule is COc1ccc(CN(Cn2nc(N3CCOCC3)n(-c3ccccc3)c2=S)C2CC2)cc1. The Kier molecular flexibility index (Phi) is 6.25. The van der Waals surface area contributed by atoms with E-state index in [0.29, 0.717) is 25.9 Å². The first-order valence-corrected chi connectivity index (χ1v) is 11.6. The van der Waals surface area contributed by atoms with Crippen LogP contribution in [0.15, 0.2) is 54.6 Å². The molecule has 1 aliphatic carbocycles. The van der Waals surface area contributed by atoms with Crippen LogP contribution >= 0.6 is 12.2 Å². The van der Waals surface area contributed by atoms with E-state index in [-0.39, 0.29) is 0 Å². The zero-order valence-corrected chi connectivity index (χ0v) is 19.2. The van der Waals surface area contributed by atoms with Crippen molar-refractivity contribution in [3.8, 4) is 11.4 Å². The van der Waals surface area contributed by atoms with Gasteiger partial charge in [0.05, 0.1) is 32.7 Å². The number of ether oxygens (including phenoxy) is 2. The van der Waals surface area contributed by atoms with E-state index in [1.807, 2.05) is 35.0 Å². The third-order valence-electron chi connectivity index (χ3n) is 6.05. The molecule has 1 aromatic heterocycles. The molecule has 2 fully saturated rings. The first-order chi connectivity index (χ1) is 15.7. The minimum atomic E-state index is 0.577. The van der Waals surface area contributed by atoms with Crippen molar-refractivity contribution in [2.24, 2.45) is 0 Å². The van der Waals surface area contributed by atoms with Gasteiger partial charge in [-0.05, 0) is 54.9 Å². The van der Waals surface area contributed by atoms with Crippen LogP contribution in [0.1, 0.15) is 18.4 Å². The van der Waals surface area contributed by atoms with Crippen LogP contribution in [0, 0.1) is 4.77 Å². The van der Waals surface area contributed by atoms with Crippen LogP contribution in [0.2, 0.25) is 0 Å². The molecule has 0 amide bonds. The van der Waals surface area contributed by atoms with E-state index in [2.05, 4.69) is 38.6 Å². The Bertz CT molecular complexity index is 1090. The van der Waals surface area contributed by atoms with Crippen molar-refractivity contribution in [1.82, 2.24) is 19.2 Å². The number of benzene rings is 2. The number of para-hydroxylation sites is 1. The van der Waals surface area contributed by atoms with Gasteiger partial charge < -0.3 is 14.4 Å². The van der Waals surface area contributed by atoms with Gasteiger partial charge in [0.1, 0.15) is 5.75 Å². The molecular formula is C24H29N5O2S. The van der Waals surface area contributed by atoms with E-state index in [1.165, 1.54) is 18.4 Å². The molecule has 5 rings (SSSR count). The molecular weight excluding hydrogens is 422 g/mol. The average molecular weight is 452 g/mol. The van der Waals surface area contributed by atoms with E-state index in [1.54, 1.807) is 7.11 Å². The molecule has 1 saturated carbocycles. The number of nitrogens with zero attached hydrogens (tertiary/aromatic N) is 5. The highest BCUT2D eigenvalue weighted by Gasteiger charge is 2.30. The molecule has 1 saturated heterocycles. The third kappa shape index (κ3) is 4.57. The molecule has 0 radical (unpaired) electrons. The topological polar surface area (TPSA) is 47.7 Å². The van der Waals surface area contributed by atoms with Gasteiger partial charge in [0.2, 0.25) is 10.7 Å². The van der Waals surface area contributed by atoms with Gasteiger partial charge in [-0.2, -0.15) is 0 Å². The molecule has 0 N–H and O–H groups in total. The fourth-order valence-corrected chi connectivity index (χ4v) is 4.42. The van der Waals surface area contributed by atoms with Crippen LogP contribution in [-0.2, 0) is 18.0 Å². The van der Waals surface area contributed by atoms with Gasteiger partial charge in [-0.15, -0.1) is 5.10 Å². The second kappa shape index (κ2) is 9.44. The molecule has 32 heavy (non-hydrogen) atoms. The Labute approximate surface area is 193 Å². The van der Waals surface area contributed by atoms with Gasteiger partial charge in [-0.25, -0.2) is 4.68 Å². The van der Waals surface area contributed by atoms with Crippen LogP contribution < -0.4 is 9.64 Å². The Morgan fingerprint density at radius 3 is 2.44 bits per heavy atom. The van der Waals surface area contributed by atoms with Crippen LogP contribution in [0.3, 0.4) is 0 Å². The summed E-state index contributed by atoms with van der Waals surface area (Å²) in [6.07, 6.45) is 2.44. The van der Waals surface area contributed by atoms with E-state index in [4.69, 9.17) is 26.8 Å². The number of aromatic nitrogens is 3. The van der Waals surface area contributed by atoms with Gasteiger partial charge in [0.15, 0.2) is 0 Å². The lowest BCUT2D eigenvalue weighted by Gasteiger charge is -2.27. The largest absolute Gasteiger partial charge is 0.497 e. The maximum atomic E-state index is 5.95. The number of hydrogen-bond donors (Lipinski definition) is 0. The average Bonchev–Trinajstić information content (AvgIpc) is 3.64. The maximum Gasteiger partial charge on any atom is 0.230 e. The summed E-state index contributed by atoms with van der Waals surface area (Å²) in [5.41, 5.74) is 2.30. The van der Waals surface area contributed by atoms with Crippen molar-refractivity contribution in [3.63, 3.8) is 0 Å². The Morgan fingerprint density at radius 1 is 1.06 bits per heavy atom. The number of hydrogen-bond acceptors (Lipinski definition) is 6. The lowest BCUT2D eigenvalue weighted by molar-refractivity contribution is 0.121. The summed E-state index contributed by atoms with van der Waals surface area (Å²) in [6.45, 7) is 4.59. The molecule has 7 nitrogen and oxygen atoms in total. The molecule has 8 heteroatoms. The van der Waals surface area contributed by atoms with E-state index >= 15 is 0 Å². The first kappa shape index (κ1) is 21.2. The third-order valence-corrected chi connectivity index (χ3v) is 6.45. The lowest BCUT2D eigenvalue weighted by atomic mass is 10.2.